The molecule has 0 bridgehead atoms. The Balaban J connectivity index is 1.94. The fourth-order valence-corrected chi connectivity index (χ4v) is 2.25. The van der Waals surface area contributed by atoms with E-state index in [4.69, 9.17) is 0 Å². The lowest BCUT2D eigenvalue weighted by Crippen LogP contribution is -2.21. The molecule has 0 aliphatic heterocycles. The SMILES string of the molecule is O=C([O-])c1ccc(NN=C2CCCCCCC2)cc1. The van der Waals surface area contributed by atoms with Crippen LogP contribution < -0.4 is 10.5 Å². The van der Waals surface area contributed by atoms with E-state index in [1.807, 2.05) is 0 Å². The van der Waals surface area contributed by atoms with Crippen molar-refractivity contribution < 1.29 is 9.90 Å². The zero-order chi connectivity index (χ0) is 13.5. The average molecular weight is 259 g/mol. The lowest BCUT2D eigenvalue weighted by atomic mass is 9.99. The summed E-state index contributed by atoms with van der Waals surface area (Å²) >= 11 is 0. The Morgan fingerprint density at radius 1 is 1.00 bits per heavy atom. The summed E-state index contributed by atoms with van der Waals surface area (Å²) in [5, 5.41) is 15.1. The Hall–Kier alpha value is -1.84. The zero-order valence-electron chi connectivity index (χ0n) is 11.0. The summed E-state index contributed by atoms with van der Waals surface area (Å²) in [5.41, 5.74) is 5.20. The first kappa shape index (κ1) is 13.6. The molecule has 1 aromatic carbocycles. The van der Waals surface area contributed by atoms with Gasteiger partial charge in [-0.1, -0.05) is 31.4 Å². The molecule has 4 heteroatoms. The number of aromatic carboxylic acids is 1. The molecule has 1 saturated carbocycles. The third kappa shape index (κ3) is 4.39. The molecule has 0 radical (unpaired) electrons. The van der Waals surface area contributed by atoms with Gasteiger partial charge in [-0.15, -0.1) is 0 Å². The van der Waals surface area contributed by atoms with E-state index in [0.717, 1.165) is 18.5 Å². The lowest BCUT2D eigenvalue weighted by Gasteiger charge is -2.11. The van der Waals surface area contributed by atoms with Crippen LogP contribution in [0.2, 0.25) is 0 Å². The van der Waals surface area contributed by atoms with Gasteiger partial charge in [-0.25, -0.2) is 0 Å². The second kappa shape index (κ2) is 6.92. The van der Waals surface area contributed by atoms with Crippen LogP contribution >= 0.6 is 0 Å². The molecule has 1 fully saturated rings. The van der Waals surface area contributed by atoms with Gasteiger partial charge in [0.05, 0.1) is 11.7 Å². The fourth-order valence-electron chi connectivity index (χ4n) is 2.25. The van der Waals surface area contributed by atoms with Crippen LogP contribution in [0.15, 0.2) is 29.4 Å². The van der Waals surface area contributed by atoms with E-state index in [1.54, 1.807) is 12.1 Å². The van der Waals surface area contributed by atoms with Crippen LogP contribution in [-0.4, -0.2) is 11.7 Å². The van der Waals surface area contributed by atoms with E-state index in [9.17, 15) is 9.90 Å². The topological polar surface area (TPSA) is 64.5 Å². The van der Waals surface area contributed by atoms with Crippen LogP contribution in [0.4, 0.5) is 5.69 Å². The molecule has 0 aromatic heterocycles. The summed E-state index contributed by atoms with van der Waals surface area (Å²) < 4.78 is 0. The number of carboxylic acid groups (broad SMARTS) is 1. The van der Waals surface area contributed by atoms with E-state index in [0.29, 0.717) is 0 Å². The van der Waals surface area contributed by atoms with Crippen molar-refractivity contribution in [2.45, 2.75) is 44.9 Å². The molecular formula is C15H19N2O2-. The Bertz CT molecular complexity index is 442. The van der Waals surface area contributed by atoms with Crippen LogP contribution in [0.1, 0.15) is 55.3 Å². The number of carboxylic acids is 1. The molecule has 19 heavy (non-hydrogen) atoms. The summed E-state index contributed by atoms with van der Waals surface area (Å²) in [6.45, 7) is 0. The molecule has 1 aliphatic rings. The Kier molecular flexibility index (Phi) is 4.95. The highest BCUT2D eigenvalue weighted by Crippen LogP contribution is 2.16. The number of hydrogen-bond acceptors (Lipinski definition) is 4. The Morgan fingerprint density at radius 3 is 2.16 bits per heavy atom. The average Bonchev–Trinajstić information content (AvgIpc) is 2.38. The van der Waals surface area contributed by atoms with Gasteiger partial charge in [0.1, 0.15) is 0 Å². The smallest absolute Gasteiger partial charge is 0.0715 e. The van der Waals surface area contributed by atoms with E-state index < -0.39 is 5.97 Å². The molecule has 1 N–H and O–H groups in total. The van der Waals surface area contributed by atoms with Gasteiger partial charge in [0.25, 0.3) is 0 Å². The maximum atomic E-state index is 10.6. The van der Waals surface area contributed by atoms with Gasteiger partial charge in [-0.05, 0) is 43.4 Å². The third-order valence-corrected chi connectivity index (χ3v) is 3.39. The van der Waals surface area contributed by atoms with Crippen molar-refractivity contribution in [3.05, 3.63) is 29.8 Å². The van der Waals surface area contributed by atoms with Gasteiger partial charge < -0.3 is 9.90 Å². The Labute approximate surface area is 113 Å². The molecule has 1 aromatic rings. The van der Waals surface area contributed by atoms with Crippen LogP contribution in [0, 0.1) is 0 Å². The maximum absolute atomic E-state index is 10.6. The molecule has 0 spiro atoms. The summed E-state index contributed by atoms with van der Waals surface area (Å²) in [4.78, 5) is 10.6. The number of benzene rings is 1. The number of anilines is 1. The highest BCUT2D eigenvalue weighted by Gasteiger charge is 2.04. The van der Waals surface area contributed by atoms with Crippen molar-refractivity contribution in [3.8, 4) is 0 Å². The van der Waals surface area contributed by atoms with Gasteiger partial charge in [0.15, 0.2) is 0 Å². The number of carbonyl (C=O) groups excluding carboxylic acids is 1. The van der Waals surface area contributed by atoms with E-state index in [-0.39, 0.29) is 5.56 Å². The van der Waals surface area contributed by atoms with Crippen molar-refractivity contribution in [3.63, 3.8) is 0 Å². The van der Waals surface area contributed by atoms with Crippen molar-refractivity contribution in [1.82, 2.24) is 0 Å². The number of hydrogen-bond donors (Lipinski definition) is 1. The molecule has 0 heterocycles. The van der Waals surface area contributed by atoms with Crippen LogP contribution in [0.5, 0.6) is 0 Å². The predicted octanol–water partition coefficient (Wildman–Crippen LogP) is 2.56. The molecule has 102 valence electrons. The fraction of sp³-hybridized carbons (Fsp3) is 0.467. The standard InChI is InChI=1S/C15H20N2O2/c18-15(19)12-8-10-14(11-9-12)17-16-13-6-4-2-1-3-5-7-13/h8-11,17H,1-7H2,(H,18,19)/p-1. The van der Waals surface area contributed by atoms with Crippen LogP contribution in [0.3, 0.4) is 0 Å². The van der Waals surface area contributed by atoms with E-state index in [1.165, 1.54) is 49.9 Å². The van der Waals surface area contributed by atoms with Crippen molar-refractivity contribution in [2.24, 2.45) is 5.10 Å². The van der Waals surface area contributed by atoms with E-state index >= 15 is 0 Å². The van der Waals surface area contributed by atoms with Gasteiger partial charge in [0, 0.05) is 5.71 Å². The molecular weight excluding hydrogens is 240 g/mol. The monoisotopic (exact) mass is 259 g/mol. The third-order valence-electron chi connectivity index (χ3n) is 3.39. The molecule has 0 amide bonds. The second-order valence-corrected chi connectivity index (χ2v) is 4.92. The first-order valence-electron chi connectivity index (χ1n) is 6.88. The minimum Gasteiger partial charge on any atom is -0.545 e. The molecule has 0 unspecified atom stereocenters. The van der Waals surface area contributed by atoms with Gasteiger partial charge >= 0.3 is 0 Å². The normalized spacial score (nSPS) is 16.3. The molecule has 0 saturated heterocycles. The van der Waals surface area contributed by atoms with E-state index in [2.05, 4.69) is 10.5 Å². The number of nitrogens with zero attached hydrogens (tertiary/aromatic N) is 1. The predicted molar refractivity (Wildman–Crippen MR) is 74.1 cm³/mol. The summed E-state index contributed by atoms with van der Waals surface area (Å²) in [7, 11) is 0. The van der Waals surface area contributed by atoms with Gasteiger partial charge in [-0.3, -0.25) is 5.43 Å². The van der Waals surface area contributed by atoms with Crippen molar-refractivity contribution >= 4 is 17.4 Å². The number of rotatable bonds is 3. The zero-order valence-corrected chi connectivity index (χ0v) is 11.0. The first-order valence-corrected chi connectivity index (χ1v) is 6.88. The summed E-state index contributed by atoms with van der Waals surface area (Å²) in [6, 6.07) is 6.46. The largest absolute Gasteiger partial charge is 0.545 e. The lowest BCUT2D eigenvalue weighted by molar-refractivity contribution is -0.255. The van der Waals surface area contributed by atoms with Crippen molar-refractivity contribution in [2.75, 3.05) is 5.43 Å². The highest BCUT2D eigenvalue weighted by atomic mass is 16.4. The quantitative estimate of drug-likeness (QED) is 0.848. The molecule has 0 atom stereocenters. The van der Waals surface area contributed by atoms with Gasteiger partial charge in [0.2, 0.25) is 0 Å². The van der Waals surface area contributed by atoms with Crippen molar-refractivity contribution in [1.29, 1.82) is 0 Å². The number of carbonyl (C=O) groups is 1. The minimum absolute atomic E-state index is 0.184. The maximum Gasteiger partial charge on any atom is 0.0715 e. The highest BCUT2D eigenvalue weighted by molar-refractivity contribution is 5.87. The van der Waals surface area contributed by atoms with Gasteiger partial charge in [-0.2, -0.15) is 5.10 Å². The molecule has 2 rings (SSSR count). The molecule has 1 aliphatic carbocycles. The molecule has 4 nitrogen and oxygen atoms in total. The first-order chi connectivity index (χ1) is 9.25. The van der Waals surface area contributed by atoms with Crippen LogP contribution in [0.25, 0.3) is 0 Å². The summed E-state index contributed by atoms with van der Waals surface area (Å²) in [6.07, 6.45) is 8.46. The Morgan fingerprint density at radius 2 is 1.58 bits per heavy atom. The van der Waals surface area contributed by atoms with Crippen LogP contribution in [-0.2, 0) is 0 Å². The number of nitrogens with one attached hydrogen (secondary N) is 1. The second-order valence-electron chi connectivity index (χ2n) is 4.92. The number of hydrazone groups is 1. The summed E-state index contributed by atoms with van der Waals surface area (Å²) in [5.74, 6) is -1.15. The minimum atomic E-state index is -1.15.